The molecule has 0 fully saturated rings. The number of nitrogen functional groups attached to an aromatic ring is 1. The van der Waals surface area contributed by atoms with Gasteiger partial charge >= 0.3 is 0 Å². The van der Waals surface area contributed by atoms with Crippen molar-refractivity contribution in [2.24, 2.45) is 10.8 Å². The zero-order chi connectivity index (χ0) is 20.1. The van der Waals surface area contributed by atoms with Crippen molar-refractivity contribution in [1.29, 1.82) is 0 Å². The summed E-state index contributed by atoms with van der Waals surface area (Å²) in [5.74, 6) is -0.671. The predicted molar refractivity (Wildman–Crippen MR) is 94.6 cm³/mol. The first-order valence-corrected chi connectivity index (χ1v) is 7.81. The van der Waals surface area contributed by atoms with Crippen LogP contribution in [0.2, 0.25) is 0 Å². The molecule has 0 aliphatic heterocycles. The number of primary amides is 1. The van der Waals surface area contributed by atoms with E-state index in [9.17, 15) is 9.59 Å². The zero-order valence-electron chi connectivity index (χ0n) is 14.6. The summed E-state index contributed by atoms with van der Waals surface area (Å²) in [5.41, 5.74) is 14.1. The van der Waals surface area contributed by atoms with Crippen LogP contribution in [0.15, 0.2) is 34.0 Å². The van der Waals surface area contributed by atoms with E-state index in [-0.39, 0.29) is 23.9 Å². The van der Waals surface area contributed by atoms with Gasteiger partial charge in [0.05, 0.1) is 11.9 Å². The number of nitrogens with one attached hydrogen (secondary N) is 1. The summed E-state index contributed by atoms with van der Waals surface area (Å²) in [4.78, 5) is 23.1. The third-order valence-corrected chi connectivity index (χ3v) is 3.39. The van der Waals surface area contributed by atoms with Crippen LogP contribution in [0.1, 0.15) is 21.7 Å². The Balaban J connectivity index is 1.67. The molecule has 2 amide bonds. The van der Waals surface area contributed by atoms with Gasteiger partial charge in [0.2, 0.25) is 11.6 Å². The number of hydrazone groups is 1. The van der Waals surface area contributed by atoms with Gasteiger partial charge in [0.25, 0.3) is 11.8 Å². The Labute approximate surface area is 157 Å². The first-order chi connectivity index (χ1) is 13.5. The molecule has 0 aliphatic carbocycles. The molecule has 0 atom stereocenters. The second-order valence-electron chi connectivity index (χ2n) is 5.43. The number of nitrogens with two attached hydrogens (primary N) is 2. The fourth-order valence-corrected chi connectivity index (χ4v) is 2.13. The molecule has 0 saturated carbocycles. The van der Waals surface area contributed by atoms with Gasteiger partial charge in [0.1, 0.15) is 5.75 Å². The summed E-state index contributed by atoms with van der Waals surface area (Å²) in [5, 5.41) is 18.6. The molecule has 0 radical (unpaired) electrons. The van der Waals surface area contributed by atoms with E-state index < -0.39 is 11.8 Å². The molecule has 5 N–H and O–H groups in total. The number of anilines is 1. The van der Waals surface area contributed by atoms with Crippen LogP contribution >= 0.6 is 0 Å². The first kappa shape index (κ1) is 18.5. The van der Waals surface area contributed by atoms with Gasteiger partial charge in [-0.15, -0.1) is 5.10 Å². The van der Waals surface area contributed by atoms with E-state index in [1.54, 1.807) is 31.2 Å². The highest BCUT2D eigenvalue weighted by Gasteiger charge is 2.22. The Morgan fingerprint density at radius 3 is 2.71 bits per heavy atom. The summed E-state index contributed by atoms with van der Waals surface area (Å²) >= 11 is 0. The number of aromatic nitrogens is 5. The van der Waals surface area contributed by atoms with Crippen molar-refractivity contribution in [3.8, 4) is 11.6 Å². The van der Waals surface area contributed by atoms with Gasteiger partial charge in [-0.2, -0.15) is 9.78 Å². The lowest BCUT2D eigenvalue weighted by Crippen LogP contribution is -2.22. The molecule has 28 heavy (non-hydrogen) atoms. The molecule has 2 heterocycles. The lowest BCUT2D eigenvalue weighted by Gasteiger charge is -2.04. The molecule has 0 bridgehead atoms. The van der Waals surface area contributed by atoms with Crippen molar-refractivity contribution in [3.05, 3.63) is 41.2 Å². The molecular weight excluding hydrogens is 370 g/mol. The minimum Gasteiger partial charge on any atom is -0.484 e. The van der Waals surface area contributed by atoms with Crippen molar-refractivity contribution in [3.63, 3.8) is 0 Å². The molecule has 0 spiro atoms. The number of hydrogen-bond acceptors (Lipinski definition) is 10. The van der Waals surface area contributed by atoms with Crippen LogP contribution in [0.3, 0.4) is 0 Å². The maximum Gasteiger partial charge on any atom is 0.292 e. The topological polar surface area (TPSA) is 189 Å². The Bertz CT molecular complexity index is 1020. The van der Waals surface area contributed by atoms with Gasteiger partial charge in [-0.1, -0.05) is 5.21 Å². The lowest BCUT2D eigenvalue weighted by molar-refractivity contribution is -0.119. The number of nitrogens with zero attached hydrogens (tertiary/aromatic N) is 6. The van der Waals surface area contributed by atoms with Crippen molar-refractivity contribution < 1.29 is 19.0 Å². The van der Waals surface area contributed by atoms with Crippen LogP contribution < -0.4 is 21.6 Å². The molecule has 13 nitrogen and oxygen atoms in total. The lowest BCUT2D eigenvalue weighted by atomic mass is 10.2. The Morgan fingerprint density at radius 2 is 2.07 bits per heavy atom. The standard InChI is InChI=1S/C15H15N9O4/c1-8-12(24(23-19-8)14-13(17)21-28-22-14)15(26)20-18-6-9-2-4-10(5-3-9)27-7-11(16)25/h2-6H,7H2,1H3,(H2,16,25)(H2,17,21)(H,20,26). The molecule has 0 aliphatic rings. The van der Waals surface area contributed by atoms with Gasteiger partial charge < -0.3 is 16.2 Å². The molecular formula is C15H15N9O4. The van der Waals surface area contributed by atoms with E-state index >= 15 is 0 Å². The summed E-state index contributed by atoms with van der Waals surface area (Å²) in [6, 6.07) is 6.64. The zero-order valence-corrected chi connectivity index (χ0v) is 14.6. The maximum absolute atomic E-state index is 12.4. The highest BCUT2D eigenvalue weighted by Crippen LogP contribution is 2.15. The number of benzene rings is 1. The number of amides is 2. The quantitative estimate of drug-likeness (QED) is 0.344. The summed E-state index contributed by atoms with van der Waals surface area (Å²) in [6.45, 7) is 1.38. The average Bonchev–Trinajstić information content (AvgIpc) is 3.26. The Morgan fingerprint density at radius 1 is 1.32 bits per heavy atom. The predicted octanol–water partition coefficient (Wildman–Crippen LogP) is -0.831. The molecule has 2 aromatic heterocycles. The van der Waals surface area contributed by atoms with Gasteiger partial charge in [-0.05, 0) is 47.1 Å². The van der Waals surface area contributed by atoms with Crippen LogP contribution in [0.5, 0.6) is 5.75 Å². The van der Waals surface area contributed by atoms with Crippen LogP contribution in [0.25, 0.3) is 5.82 Å². The summed E-state index contributed by atoms with van der Waals surface area (Å²) in [6.07, 6.45) is 1.42. The fraction of sp³-hybridized carbons (Fsp3) is 0.133. The van der Waals surface area contributed by atoms with E-state index in [1.807, 2.05) is 0 Å². The number of carbonyl (C=O) groups excluding carboxylic acids is 2. The minimum absolute atomic E-state index is 0.0407. The van der Waals surface area contributed by atoms with Crippen molar-refractivity contribution in [2.45, 2.75) is 6.92 Å². The molecule has 13 heteroatoms. The van der Waals surface area contributed by atoms with Crippen LogP contribution in [0.4, 0.5) is 5.82 Å². The van der Waals surface area contributed by atoms with Crippen molar-refractivity contribution in [1.82, 2.24) is 30.7 Å². The number of hydrogen-bond donors (Lipinski definition) is 3. The average molecular weight is 385 g/mol. The smallest absolute Gasteiger partial charge is 0.292 e. The normalized spacial score (nSPS) is 10.9. The van der Waals surface area contributed by atoms with Crippen LogP contribution in [-0.2, 0) is 4.79 Å². The van der Waals surface area contributed by atoms with Gasteiger partial charge in [0, 0.05) is 0 Å². The number of carbonyl (C=O) groups is 2. The Hall–Kier alpha value is -4.29. The summed E-state index contributed by atoms with van der Waals surface area (Å²) in [7, 11) is 0. The fourth-order valence-electron chi connectivity index (χ4n) is 2.13. The minimum atomic E-state index is -0.581. The largest absolute Gasteiger partial charge is 0.484 e. The monoisotopic (exact) mass is 385 g/mol. The molecule has 3 rings (SSSR count). The van der Waals surface area contributed by atoms with Crippen molar-refractivity contribution >= 4 is 23.8 Å². The van der Waals surface area contributed by atoms with E-state index in [0.717, 1.165) is 4.68 Å². The van der Waals surface area contributed by atoms with Gasteiger partial charge in [-0.3, -0.25) is 9.59 Å². The SMILES string of the molecule is Cc1nnn(-c2nonc2N)c1C(=O)NN=Cc1ccc(OCC(N)=O)cc1. The third kappa shape index (κ3) is 4.09. The second-order valence-corrected chi connectivity index (χ2v) is 5.43. The molecule has 144 valence electrons. The summed E-state index contributed by atoms with van der Waals surface area (Å²) < 4.78 is 10.8. The van der Waals surface area contributed by atoms with E-state index in [1.165, 1.54) is 6.21 Å². The van der Waals surface area contributed by atoms with Crippen LogP contribution in [-0.4, -0.2) is 49.9 Å². The highest BCUT2D eigenvalue weighted by atomic mass is 16.6. The first-order valence-electron chi connectivity index (χ1n) is 7.81. The van der Waals surface area contributed by atoms with E-state index in [2.05, 4.69) is 35.8 Å². The highest BCUT2D eigenvalue weighted by molar-refractivity contribution is 5.94. The van der Waals surface area contributed by atoms with E-state index in [4.69, 9.17) is 16.2 Å². The molecule has 3 aromatic rings. The Kier molecular flexibility index (Phi) is 5.25. The van der Waals surface area contributed by atoms with E-state index in [0.29, 0.717) is 17.0 Å². The second kappa shape index (κ2) is 7.94. The number of aryl methyl sites for hydroxylation is 1. The number of rotatable bonds is 7. The number of ether oxygens (including phenoxy) is 1. The third-order valence-electron chi connectivity index (χ3n) is 3.39. The maximum atomic E-state index is 12.4. The molecule has 0 saturated heterocycles. The van der Waals surface area contributed by atoms with Gasteiger partial charge in [-0.25, -0.2) is 10.1 Å². The van der Waals surface area contributed by atoms with Crippen LogP contribution in [0, 0.1) is 6.92 Å². The van der Waals surface area contributed by atoms with Crippen molar-refractivity contribution in [2.75, 3.05) is 12.3 Å². The van der Waals surface area contributed by atoms with Gasteiger partial charge in [0.15, 0.2) is 12.3 Å². The molecule has 1 aromatic carbocycles. The molecule has 0 unspecified atom stereocenters.